The van der Waals surface area contributed by atoms with E-state index >= 15 is 0 Å². The zero-order valence-electron chi connectivity index (χ0n) is 9.23. The second kappa shape index (κ2) is 3.93. The van der Waals surface area contributed by atoms with Crippen molar-refractivity contribution < 1.29 is 13.2 Å². The summed E-state index contributed by atoms with van der Waals surface area (Å²) in [5.74, 6) is 0.507. The molecule has 2 rings (SSSR count). The number of pyridine rings is 1. The van der Waals surface area contributed by atoms with Gasteiger partial charge >= 0.3 is 0 Å². The lowest BCUT2D eigenvalue weighted by Gasteiger charge is -2.13. The van der Waals surface area contributed by atoms with Gasteiger partial charge in [-0.3, -0.25) is 9.71 Å². The highest BCUT2D eigenvalue weighted by molar-refractivity contribution is 7.92. The Labute approximate surface area is 94.9 Å². The summed E-state index contributed by atoms with van der Waals surface area (Å²) in [6, 6.07) is 0. The Morgan fingerprint density at radius 1 is 1.44 bits per heavy atom. The van der Waals surface area contributed by atoms with Crippen LogP contribution < -0.4 is 9.46 Å². The highest BCUT2D eigenvalue weighted by Gasteiger charge is 2.25. The SMILES string of the molecule is Cc1cncc(OC2CC2)c1NS(C)(=O)=O. The summed E-state index contributed by atoms with van der Waals surface area (Å²) in [4.78, 5) is 4.00. The van der Waals surface area contributed by atoms with E-state index in [1.165, 1.54) is 0 Å². The largest absolute Gasteiger partial charge is 0.487 e. The third kappa shape index (κ3) is 2.85. The molecule has 1 aliphatic carbocycles. The summed E-state index contributed by atoms with van der Waals surface area (Å²) in [5, 5.41) is 0. The summed E-state index contributed by atoms with van der Waals surface area (Å²) in [5.41, 5.74) is 1.24. The van der Waals surface area contributed by atoms with E-state index < -0.39 is 10.0 Å². The maximum atomic E-state index is 11.2. The lowest BCUT2D eigenvalue weighted by atomic mass is 10.2. The number of ether oxygens (including phenoxy) is 1. The molecule has 16 heavy (non-hydrogen) atoms. The lowest BCUT2D eigenvalue weighted by Crippen LogP contribution is -2.12. The maximum absolute atomic E-state index is 11.2. The van der Waals surface area contributed by atoms with Gasteiger partial charge in [-0.05, 0) is 25.3 Å². The van der Waals surface area contributed by atoms with Crippen LogP contribution in [0.4, 0.5) is 5.69 Å². The van der Waals surface area contributed by atoms with E-state index in [1.807, 2.05) is 0 Å². The quantitative estimate of drug-likeness (QED) is 0.864. The van der Waals surface area contributed by atoms with E-state index in [2.05, 4.69) is 9.71 Å². The van der Waals surface area contributed by atoms with Gasteiger partial charge in [0.15, 0.2) is 5.75 Å². The average molecular weight is 242 g/mol. The third-order valence-corrected chi connectivity index (χ3v) is 2.78. The third-order valence-electron chi connectivity index (χ3n) is 2.21. The number of rotatable bonds is 4. The van der Waals surface area contributed by atoms with Crippen molar-refractivity contribution in [1.82, 2.24) is 4.98 Å². The van der Waals surface area contributed by atoms with Crippen LogP contribution >= 0.6 is 0 Å². The van der Waals surface area contributed by atoms with E-state index in [4.69, 9.17) is 4.74 Å². The summed E-state index contributed by atoms with van der Waals surface area (Å²) < 4.78 is 30.5. The summed E-state index contributed by atoms with van der Waals surface area (Å²) in [6.45, 7) is 1.79. The van der Waals surface area contributed by atoms with Crippen LogP contribution in [0.3, 0.4) is 0 Å². The Hall–Kier alpha value is -1.30. The van der Waals surface area contributed by atoms with E-state index in [0.29, 0.717) is 11.4 Å². The molecule has 0 aromatic carbocycles. The van der Waals surface area contributed by atoms with Gasteiger partial charge in [0.1, 0.15) is 0 Å². The number of sulfonamides is 1. The van der Waals surface area contributed by atoms with Crippen LogP contribution in [0, 0.1) is 6.92 Å². The Morgan fingerprint density at radius 3 is 2.69 bits per heavy atom. The predicted molar refractivity (Wildman–Crippen MR) is 61.1 cm³/mol. The van der Waals surface area contributed by atoms with Crippen molar-refractivity contribution in [3.8, 4) is 5.75 Å². The van der Waals surface area contributed by atoms with Gasteiger partial charge in [-0.15, -0.1) is 0 Å². The Morgan fingerprint density at radius 2 is 2.12 bits per heavy atom. The summed E-state index contributed by atoms with van der Waals surface area (Å²) >= 11 is 0. The summed E-state index contributed by atoms with van der Waals surface area (Å²) in [6.07, 6.45) is 6.52. The van der Waals surface area contributed by atoms with Gasteiger partial charge in [0, 0.05) is 6.20 Å². The summed E-state index contributed by atoms with van der Waals surface area (Å²) in [7, 11) is -3.30. The fraction of sp³-hybridized carbons (Fsp3) is 0.500. The second-order valence-corrected chi connectivity index (χ2v) is 5.77. The molecule has 0 amide bonds. The van der Waals surface area contributed by atoms with Crippen LogP contribution in [-0.2, 0) is 10.0 Å². The van der Waals surface area contributed by atoms with Gasteiger partial charge in [-0.25, -0.2) is 8.42 Å². The molecule has 1 heterocycles. The molecular weight excluding hydrogens is 228 g/mol. The first kappa shape index (κ1) is 11.2. The molecular formula is C10H14N2O3S. The molecule has 0 atom stereocenters. The van der Waals surface area contributed by atoms with Crippen molar-refractivity contribution in [2.45, 2.75) is 25.9 Å². The highest BCUT2D eigenvalue weighted by atomic mass is 32.2. The van der Waals surface area contributed by atoms with Gasteiger partial charge < -0.3 is 4.74 Å². The van der Waals surface area contributed by atoms with Crippen LogP contribution in [0.5, 0.6) is 5.75 Å². The topological polar surface area (TPSA) is 68.3 Å². The molecule has 0 aliphatic heterocycles. The molecule has 0 saturated heterocycles. The standard InChI is InChI=1S/C10H14N2O3S/c1-7-5-11-6-9(15-8-3-4-8)10(7)12-16(2,13)14/h5-6,8H,3-4H2,1-2H3,(H,11,12). The molecule has 6 heteroatoms. The minimum Gasteiger partial charge on any atom is -0.487 e. The number of nitrogens with one attached hydrogen (secondary N) is 1. The molecule has 0 bridgehead atoms. The fourth-order valence-corrected chi connectivity index (χ4v) is 1.94. The number of anilines is 1. The minimum atomic E-state index is -3.30. The van der Waals surface area contributed by atoms with Gasteiger partial charge in [-0.2, -0.15) is 0 Å². The number of hydrogen-bond donors (Lipinski definition) is 1. The van der Waals surface area contributed by atoms with Crippen molar-refractivity contribution in [2.24, 2.45) is 0 Å². The maximum Gasteiger partial charge on any atom is 0.229 e. The first-order valence-electron chi connectivity index (χ1n) is 5.05. The molecule has 0 unspecified atom stereocenters. The van der Waals surface area contributed by atoms with E-state index in [1.54, 1.807) is 19.3 Å². The monoisotopic (exact) mass is 242 g/mol. The van der Waals surface area contributed by atoms with Crippen molar-refractivity contribution in [2.75, 3.05) is 11.0 Å². The normalized spacial score (nSPS) is 15.9. The number of aryl methyl sites for hydroxylation is 1. The van der Waals surface area contributed by atoms with Crippen molar-refractivity contribution >= 4 is 15.7 Å². The Kier molecular flexibility index (Phi) is 2.75. The smallest absolute Gasteiger partial charge is 0.229 e. The van der Waals surface area contributed by atoms with Gasteiger partial charge in [0.2, 0.25) is 10.0 Å². The first-order chi connectivity index (χ1) is 7.46. The van der Waals surface area contributed by atoms with E-state index in [-0.39, 0.29) is 6.10 Å². The predicted octanol–water partition coefficient (Wildman–Crippen LogP) is 1.30. The molecule has 0 radical (unpaired) electrons. The highest BCUT2D eigenvalue weighted by Crippen LogP contribution is 2.33. The minimum absolute atomic E-state index is 0.212. The molecule has 5 nitrogen and oxygen atoms in total. The average Bonchev–Trinajstić information content (AvgIpc) is 2.93. The Bertz CT molecular complexity index is 495. The van der Waals surface area contributed by atoms with Crippen LogP contribution in [0.1, 0.15) is 18.4 Å². The van der Waals surface area contributed by atoms with Crippen LogP contribution in [-0.4, -0.2) is 25.8 Å². The molecule has 1 saturated carbocycles. The number of aromatic nitrogens is 1. The molecule has 88 valence electrons. The van der Waals surface area contributed by atoms with E-state index in [9.17, 15) is 8.42 Å². The Balaban J connectivity index is 2.31. The lowest BCUT2D eigenvalue weighted by molar-refractivity contribution is 0.303. The molecule has 1 aliphatic rings. The van der Waals surface area contributed by atoms with E-state index in [0.717, 1.165) is 24.7 Å². The fourth-order valence-electron chi connectivity index (χ4n) is 1.31. The second-order valence-electron chi connectivity index (χ2n) is 4.02. The number of hydrogen-bond acceptors (Lipinski definition) is 4. The van der Waals surface area contributed by atoms with Crippen molar-refractivity contribution in [1.29, 1.82) is 0 Å². The van der Waals surface area contributed by atoms with Crippen LogP contribution in [0.15, 0.2) is 12.4 Å². The molecule has 1 aromatic heterocycles. The van der Waals surface area contributed by atoms with Crippen molar-refractivity contribution in [3.05, 3.63) is 18.0 Å². The zero-order chi connectivity index (χ0) is 11.8. The molecule has 1 aromatic rings. The molecule has 1 N–H and O–H groups in total. The number of nitrogens with zero attached hydrogens (tertiary/aromatic N) is 1. The molecule has 0 spiro atoms. The first-order valence-corrected chi connectivity index (χ1v) is 6.94. The van der Waals surface area contributed by atoms with Crippen molar-refractivity contribution in [3.63, 3.8) is 0 Å². The van der Waals surface area contributed by atoms with Crippen LogP contribution in [0.2, 0.25) is 0 Å². The van der Waals surface area contributed by atoms with Gasteiger partial charge in [0.25, 0.3) is 0 Å². The van der Waals surface area contributed by atoms with Crippen LogP contribution in [0.25, 0.3) is 0 Å². The zero-order valence-corrected chi connectivity index (χ0v) is 10.0. The van der Waals surface area contributed by atoms with Gasteiger partial charge in [-0.1, -0.05) is 0 Å². The molecule has 1 fully saturated rings. The van der Waals surface area contributed by atoms with Gasteiger partial charge in [0.05, 0.1) is 24.2 Å².